The van der Waals surface area contributed by atoms with Crippen molar-refractivity contribution in [2.75, 3.05) is 20.8 Å². The minimum absolute atomic E-state index is 0.0104. The van der Waals surface area contributed by atoms with Gasteiger partial charge in [-0.05, 0) is 36.2 Å². The topological polar surface area (TPSA) is 60.8 Å². The van der Waals surface area contributed by atoms with Crippen molar-refractivity contribution in [1.29, 1.82) is 0 Å². The highest BCUT2D eigenvalue weighted by Gasteiger charge is 2.33. The van der Waals surface area contributed by atoms with E-state index in [1.54, 1.807) is 30.3 Å². The lowest BCUT2D eigenvalue weighted by molar-refractivity contribution is -0.139. The maximum atomic E-state index is 12.6. The van der Waals surface area contributed by atoms with Crippen LogP contribution in [-0.4, -0.2) is 36.1 Å². The van der Waals surface area contributed by atoms with Gasteiger partial charge < -0.3 is 18.9 Å². The highest BCUT2D eigenvalue weighted by atomic mass is 16.5. The quantitative estimate of drug-likeness (QED) is 0.840. The molecule has 24 heavy (non-hydrogen) atoms. The van der Waals surface area contributed by atoms with Gasteiger partial charge in [-0.25, -0.2) is 0 Å². The molecular weight excluding hydrogens is 308 g/mol. The summed E-state index contributed by atoms with van der Waals surface area (Å²) in [6.07, 6.45) is 2.51. The average Bonchev–Trinajstić information content (AvgIpc) is 2.56. The molecule has 1 aromatic carbocycles. The number of nitrogens with zero attached hydrogens (tertiary/aromatic N) is 2. The van der Waals surface area contributed by atoms with E-state index >= 15 is 0 Å². The molecule has 0 spiro atoms. The summed E-state index contributed by atoms with van der Waals surface area (Å²) < 4.78 is 11.6. The standard InChI is InChI=1S/C18H20N2O4/c1-23-14-6-3-5-13(11-14)15-8-10-20(15)17(21)12-19-9-4-7-16(24-2)18(19)22/h3-7,9,11,15H,8,10,12H2,1-2H3/t15-/m0/s1. The Morgan fingerprint density at radius 3 is 2.71 bits per heavy atom. The van der Waals surface area contributed by atoms with Gasteiger partial charge >= 0.3 is 0 Å². The van der Waals surface area contributed by atoms with Crippen LogP contribution in [0.2, 0.25) is 0 Å². The minimum atomic E-state index is -0.299. The van der Waals surface area contributed by atoms with E-state index in [9.17, 15) is 9.59 Å². The molecule has 0 N–H and O–H groups in total. The van der Waals surface area contributed by atoms with E-state index in [1.165, 1.54) is 11.7 Å². The molecule has 2 aromatic rings. The van der Waals surface area contributed by atoms with Crippen molar-refractivity contribution >= 4 is 5.91 Å². The van der Waals surface area contributed by atoms with Crippen LogP contribution in [0.4, 0.5) is 0 Å². The van der Waals surface area contributed by atoms with Crippen molar-refractivity contribution in [2.45, 2.75) is 19.0 Å². The Morgan fingerprint density at radius 2 is 2.04 bits per heavy atom. The maximum Gasteiger partial charge on any atom is 0.293 e. The molecule has 126 valence electrons. The Morgan fingerprint density at radius 1 is 1.21 bits per heavy atom. The van der Waals surface area contributed by atoms with Gasteiger partial charge in [0.25, 0.3) is 5.56 Å². The molecule has 6 nitrogen and oxygen atoms in total. The molecule has 0 bridgehead atoms. The fraction of sp³-hybridized carbons (Fsp3) is 0.333. The van der Waals surface area contributed by atoms with Gasteiger partial charge in [0, 0.05) is 12.7 Å². The van der Waals surface area contributed by atoms with Gasteiger partial charge in [-0.3, -0.25) is 9.59 Å². The summed E-state index contributed by atoms with van der Waals surface area (Å²) in [5.74, 6) is 0.929. The normalized spacial score (nSPS) is 16.4. The molecule has 1 aliphatic rings. The molecule has 0 aliphatic carbocycles. The maximum absolute atomic E-state index is 12.6. The first kappa shape index (κ1) is 16.1. The van der Waals surface area contributed by atoms with Gasteiger partial charge in [-0.15, -0.1) is 0 Å². The first-order valence-electron chi connectivity index (χ1n) is 7.81. The van der Waals surface area contributed by atoms with E-state index in [0.29, 0.717) is 6.54 Å². The third-order valence-electron chi connectivity index (χ3n) is 4.33. The van der Waals surface area contributed by atoms with E-state index in [1.807, 2.05) is 24.3 Å². The van der Waals surface area contributed by atoms with E-state index < -0.39 is 0 Å². The Kier molecular flexibility index (Phi) is 4.55. The van der Waals surface area contributed by atoms with Crippen LogP contribution in [0.1, 0.15) is 18.0 Å². The number of methoxy groups -OCH3 is 2. The van der Waals surface area contributed by atoms with Crippen molar-refractivity contribution in [3.8, 4) is 11.5 Å². The van der Waals surface area contributed by atoms with Crippen LogP contribution in [0.15, 0.2) is 47.4 Å². The second kappa shape index (κ2) is 6.78. The molecule has 0 saturated carbocycles. The second-order valence-corrected chi connectivity index (χ2v) is 5.68. The summed E-state index contributed by atoms with van der Waals surface area (Å²) in [7, 11) is 3.06. The molecule has 1 atom stereocenters. The van der Waals surface area contributed by atoms with Gasteiger partial charge in [0.05, 0.1) is 20.3 Å². The van der Waals surface area contributed by atoms with Gasteiger partial charge in [0.1, 0.15) is 12.3 Å². The second-order valence-electron chi connectivity index (χ2n) is 5.68. The first-order valence-corrected chi connectivity index (χ1v) is 7.81. The predicted molar refractivity (Wildman–Crippen MR) is 89.3 cm³/mol. The van der Waals surface area contributed by atoms with Crippen LogP contribution in [0.5, 0.6) is 11.5 Å². The fourth-order valence-electron chi connectivity index (χ4n) is 2.91. The van der Waals surface area contributed by atoms with E-state index in [0.717, 1.165) is 17.7 Å². The highest BCUT2D eigenvalue weighted by Crippen LogP contribution is 2.34. The summed E-state index contributed by atoms with van der Waals surface area (Å²) in [5, 5.41) is 0. The Bertz CT molecular complexity index is 800. The first-order chi connectivity index (χ1) is 11.6. The number of benzene rings is 1. The number of carbonyl (C=O) groups excluding carboxylic acids is 1. The summed E-state index contributed by atoms with van der Waals surface area (Å²) in [6, 6.07) is 11.1. The Labute approximate surface area is 140 Å². The molecule has 0 unspecified atom stereocenters. The molecule has 1 amide bonds. The smallest absolute Gasteiger partial charge is 0.293 e. The van der Waals surface area contributed by atoms with Crippen molar-refractivity contribution in [3.63, 3.8) is 0 Å². The SMILES string of the molecule is COc1cccc([C@@H]2CCN2C(=O)Cn2cccc(OC)c2=O)c1. The zero-order valence-electron chi connectivity index (χ0n) is 13.8. The monoisotopic (exact) mass is 328 g/mol. The van der Waals surface area contributed by atoms with Crippen molar-refractivity contribution < 1.29 is 14.3 Å². The number of likely N-dealkylation sites (tertiary alicyclic amines) is 1. The summed E-state index contributed by atoms with van der Waals surface area (Å²) in [5.41, 5.74) is 0.749. The molecule has 1 saturated heterocycles. The molecule has 1 aromatic heterocycles. The Hall–Kier alpha value is -2.76. The number of rotatable bonds is 5. The number of aromatic nitrogens is 1. The summed E-state index contributed by atoms with van der Waals surface area (Å²) >= 11 is 0. The van der Waals surface area contributed by atoms with Crippen molar-refractivity contribution in [1.82, 2.24) is 9.47 Å². The Balaban J connectivity index is 1.75. The van der Waals surface area contributed by atoms with Crippen LogP contribution in [-0.2, 0) is 11.3 Å². The minimum Gasteiger partial charge on any atom is -0.497 e. The van der Waals surface area contributed by atoms with Crippen molar-refractivity contribution in [2.24, 2.45) is 0 Å². The zero-order valence-corrected chi connectivity index (χ0v) is 13.8. The van der Waals surface area contributed by atoms with Gasteiger partial charge in [0.2, 0.25) is 5.91 Å². The lowest BCUT2D eigenvalue weighted by Gasteiger charge is -2.41. The van der Waals surface area contributed by atoms with E-state index in [-0.39, 0.29) is 29.8 Å². The van der Waals surface area contributed by atoms with Gasteiger partial charge in [-0.2, -0.15) is 0 Å². The highest BCUT2D eigenvalue weighted by molar-refractivity contribution is 5.77. The molecule has 3 rings (SSSR count). The molecule has 2 heterocycles. The van der Waals surface area contributed by atoms with E-state index in [4.69, 9.17) is 9.47 Å². The number of amides is 1. The number of ether oxygens (including phenoxy) is 2. The van der Waals surface area contributed by atoms with Gasteiger partial charge in [0.15, 0.2) is 5.75 Å². The third kappa shape index (κ3) is 2.99. The largest absolute Gasteiger partial charge is 0.497 e. The number of pyridine rings is 1. The summed E-state index contributed by atoms with van der Waals surface area (Å²) in [6.45, 7) is 0.704. The van der Waals surface area contributed by atoms with Crippen LogP contribution in [0.25, 0.3) is 0 Å². The molecule has 1 aliphatic heterocycles. The van der Waals surface area contributed by atoms with Crippen LogP contribution in [0, 0.1) is 0 Å². The number of hydrogen-bond donors (Lipinski definition) is 0. The average molecular weight is 328 g/mol. The molecular formula is C18H20N2O4. The predicted octanol–water partition coefficient (Wildman–Crippen LogP) is 1.84. The summed E-state index contributed by atoms with van der Waals surface area (Å²) in [4.78, 5) is 26.5. The van der Waals surface area contributed by atoms with Crippen molar-refractivity contribution in [3.05, 3.63) is 58.5 Å². The van der Waals surface area contributed by atoms with Crippen LogP contribution in [0.3, 0.4) is 0 Å². The van der Waals surface area contributed by atoms with E-state index in [2.05, 4.69) is 0 Å². The molecule has 0 radical (unpaired) electrons. The third-order valence-corrected chi connectivity index (χ3v) is 4.33. The molecule has 6 heteroatoms. The number of hydrogen-bond acceptors (Lipinski definition) is 4. The number of carbonyl (C=O) groups is 1. The van der Waals surface area contributed by atoms with Crippen LogP contribution < -0.4 is 15.0 Å². The molecule has 1 fully saturated rings. The van der Waals surface area contributed by atoms with Crippen LogP contribution >= 0.6 is 0 Å². The lowest BCUT2D eigenvalue weighted by Crippen LogP contribution is -2.47. The lowest BCUT2D eigenvalue weighted by atomic mass is 9.94. The zero-order chi connectivity index (χ0) is 17.1. The fourth-order valence-corrected chi connectivity index (χ4v) is 2.91. The van der Waals surface area contributed by atoms with Gasteiger partial charge in [-0.1, -0.05) is 12.1 Å².